The van der Waals surface area contributed by atoms with E-state index in [-0.39, 0.29) is 0 Å². The van der Waals surface area contributed by atoms with Crippen LogP contribution in [0.4, 0.5) is 0 Å². The number of fused-ring (bicyclic) bond motifs is 6. The number of hydrogen-bond donors (Lipinski definition) is 0. The van der Waals surface area contributed by atoms with E-state index in [2.05, 4.69) is 240 Å². The summed E-state index contributed by atoms with van der Waals surface area (Å²) in [6.45, 7) is 0. The normalized spacial score (nSPS) is 11.9. The van der Waals surface area contributed by atoms with Gasteiger partial charge in [0.1, 0.15) is 0 Å². The number of hydrogen-bond acceptors (Lipinski definition) is 0. The standard InChI is InChI=1S/C54H38N2Si/c1-4-18-43(19-5-1)57(44-20-6-2-7-21-44,45-22-8-3-9-23-45)46-24-16-17-42(38-46)56-53-30-15-12-27-49(53)50-37-40(33-36-54(50)56)39-31-34-41(35-32-39)55-51-28-13-10-25-47(51)48-26-11-14-29-52(48)55/h1-38H. The zero-order valence-electron chi connectivity index (χ0n) is 31.3. The highest BCUT2D eigenvalue weighted by atomic mass is 28.3. The molecule has 3 heteroatoms. The van der Waals surface area contributed by atoms with E-state index in [0.717, 1.165) is 5.69 Å². The first kappa shape index (κ1) is 33.2. The Morgan fingerprint density at radius 2 is 0.649 bits per heavy atom. The fraction of sp³-hybridized carbons (Fsp3) is 0. The highest BCUT2D eigenvalue weighted by molar-refractivity contribution is 7.19. The Morgan fingerprint density at radius 3 is 1.18 bits per heavy atom. The summed E-state index contributed by atoms with van der Waals surface area (Å²) in [5, 5.41) is 10.5. The quantitative estimate of drug-likeness (QED) is 0.114. The summed E-state index contributed by atoms with van der Waals surface area (Å²) >= 11 is 0. The molecule has 0 aliphatic rings. The first-order valence-electron chi connectivity index (χ1n) is 19.7. The molecule has 0 aliphatic carbocycles. The molecule has 0 radical (unpaired) electrons. The third kappa shape index (κ3) is 5.24. The number of aromatic nitrogens is 2. The fourth-order valence-corrected chi connectivity index (χ4v) is 14.2. The van der Waals surface area contributed by atoms with Gasteiger partial charge in [-0.25, -0.2) is 0 Å². The molecule has 0 unspecified atom stereocenters. The van der Waals surface area contributed by atoms with Gasteiger partial charge >= 0.3 is 0 Å². The Balaban J connectivity index is 1.06. The third-order valence-electron chi connectivity index (χ3n) is 11.9. The lowest BCUT2D eigenvalue weighted by molar-refractivity contribution is 1.18. The Labute approximate surface area is 333 Å². The maximum Gasteiger partial charge on any atom is 0.179 e. The van der Waals surface area contributed by atoms with Crippen LogP contribution in [0, 0.1) is 0 Å². The van der Waals surface area contributed by atoms with Gasteiger partial charge in [0.05, 0.1) is 22.1 Å². The van der Waals surface area contributed by atoms with Crippen LogP contribution in [0.3, 0.4) is 0 Å². The lowest BCUT2D eigenvalue weighted by Gasteiger charge is -2.34. The summed E-state index contributed by atoms with van der Waals surface area (Å²) in [6.07, 6.45) is 0. The monoisotopic (exact) mass is 742 g/mol. The van der Waals surface area contributed by atoms with Crippen LogP contribution >= 0.6 is 0 Å². The summed E-state index contributed by atoms with van der Waals surface area (Å²) in [6, 6.07) is 85.1. The second kappa shape index (κ2) is 13.5. The molecular formula is C54H38N2Si. The predicted molar refractivity (Wildman–Crippen MR) is 244 cm³/mol. The minimum atomic E-state index is -2.70. The van der Waals surface area contributed by atoms with Crippen LogP contribution in [-0.4, -0.2) is 17.2 Å². The Kier molecular flexibility index (Phi) is 7.87. The van der Waals surface area contributed by atoms with Crippen molar-refractivity contribution in [1.29, 1.82) is 0 Å². The molecule has 0 N–H and O–H groups in total. The molecule has 2 heterocycles. The molecule has 0 saturated carbocycles. The highest BCUT2D eigenvalue weighted by Crippen LogP contribution is 2.36. The zero-order valence-corrected chi connectivity index (χ0v) is 32.3. The van der Waals surface area contributed by atoms with Gasteiger partial charge in [-0.05, 0) is 86.5 Å². The van der Waals surface area contributed by atoms with Crippen molar-refractivity contribution < 1.29 is 0 Å². The molecule has 11 rings (SSSR count). The average molecular weight is 743 g/mol. The number of nitrogens with zero attached hydrogens (tertiary/aromatic N) is 2. The SMILES string of the molecule is c1ccc([Si](c2ccccc2)(c2ccccc2)c2cccc(-n3c4ccccc4c4cc(-c5ccc(-n6c7ccccc7c7ccccc76)cc5)ccc43)c2)cc1. The van der Waals surface area contributed by atoms with E-state index >= 15 is 0 Å². The molecule has 0 fully saturated rings. The lowest BCUT2D eigenvalue weighted by Crippen LogP contribution is -2.74. The Bertz CT molecular complexity index is 3070. The second-order valence-electron chi connectivity index (χ2n) is 14.9. The molecule has 0 amide bonds. The number of para-hydroxylation sites is 3. The highest BCUT2D eigenvalue weighted by Gasteiger charge is 2.41. The molecule has 268 valence electrons. The van der Waals surface area contributed by atoms with Crippen LogP contribution in [-0.2, 0) is 0 Å². The van der Waals surface area contributed by atoms with Gasteiger partial charge in [0.15, 0.2) is 8.07 Å². The average Bonchev–Trinajstić information content (AvgIpc) is 3.81. The van der Waals surface area contributed by atoms with Crippen molar-refractivity contribution in [3.8, 4) is 22.5 Å². The van der Waals surface area contributed by atoms with Gasteiger partial charge in [0.25, 0.3) is 0 Å². The van der Waals surface area contributed by atoms with E-state index in [1.807, 2.05) is 0 Å². The molecule has 0 saturated heterocycles. The van der Waals surface area contributed by atoms with Gasteiger partial charge in [-0.3, -0.25) is 0 Å². The maximum atomic E-state index is 2.46. The van der Waals surface area contributed by atoms with Gasteiger partial charge < -0.3 is 9.13 Å². The lowest BCUT2D eigenvalue weighted by atomic mass is 10.0. The maximum absolute atomic E-state index is 2.70. The Morgan fingerprint density at radius 1 is 0.246 bits per heavy atom. The summed E-state index contributed by atoms with van der Waals surface area (Å²) in [4.78, 5) is 0. The van der Waals surface area contributed by atoms with E-state index in [0.29, 0.717) is 0 Å². The molecule has 9 aromatic carbocycles. The van der Waals surface area contributed by atoms with Crippen molar-refractivity contribution in [1.82, 2.24) is 9.13 Å². The molecule has 11 aromatic rings. The Hall–Kier alpha value is -7.20. The molecule has 57 heavy (non-hydrogen) atoms. The smallest absolute Gasteiger partial charge is 0.179 e. The fourth-order valence-electron chi connectivity index (χ4n) is 9.38. The minimum Gasteiger partial charge on any atom is -0.309 e. The number of rotatable bonds is 7. The van der Waals surface area contributed by atoms with E-state index in [4.69, 9.17) is 0 Å². The molecule has 0 bridgehead atoms. The first-order chi connectivity index (χ1) is 28.3. The van der Waals surface area contributed by atoms with Crippen molar-refractivity contribution in [3.63, 3.8) is 0 Å². The van der Waals surface area contributed by atoms with Gasteiger partial charge in [0, 0.05) is 32.9 Å². The van der Waals surface area contributed by atoms with Crippen molar-refractivity contribution in [3.05, 3.63) is 231 Å². The van der Waals surface area contributed by atoms with E-state index < -0.39 is 8.07 Å². The first-order valence-corrected chi connectivity index (χ1v) is 21.7. The van der Waals surface area contributed by atoms with Crippen molar-refractivity contribution >= 4 is 72.4 Å². The topological polar surface area (TPSA) is 9.86 Å². The van der Waals surface area contributed by atoms with Crippen LogP contribution in [0.25, 0.3) is 66.1 Å². The van der Waals surface area contributed by atoms with Crippen LogP contribution in [0.2, 0.25) is 0 Å². The van der Waals surface area contributed by atoms with E-state index in [9.17, 15) is 0 Å². The van der Waals surface area contributed by atoms with E-state index in [1.165, 1.54) is 81.2 Å². The van der Waals surface area contributed by atoms with Crippen LogP contribution in [0.1, 0.15) is 0 Å². The second-order valence-corrected chi connectivity index (χ2v) is 18.7. The third-order valence-corrected chi connectivity index (χ3v) is 16.6. The van der Waals surface area contributed by atoms with Crippen molar-refractivity contribution in [2.75, 3.05) is 0 Å². The van der Waals surface area contributed by atoms with E-state index in [1.54, 1.807) is 0 Å². The van der Waals surface area contributed by atoms with Crippen molar-refractivity contribution in [2.45, 2.75) is 0 Å². The van der Waals surface area contributed by atoms with Crippen LogP contribution < -0.4 is 20.7 Å². The number of benzene rings is 9. The van der Waals surface area contributed by atoms with Gasteiger partial charge in [0.2, 0.25) is 0 Å². The van der Waals surface area contributed by atoms with Gasteiger partial charge in [-0.15, -0.1) is 0 Å². The zero-order chi connectivity index (χ0) is 37.8. The molecule has 2 aromatic heterocycles. The summed E-state index contributed by atoms with van der Waals surface area (Å²) in [5.41, 5.74) is 9.58. The molecule has 2 nitrogen and oxygen atoms in total. The molecular weight excluding hydrogens is 705 g/mol. The summed E-state index contributed by atoms with van der Waals surface area (Å²) in [5.74, 6) is 0. The van der Waals surface area contributed by atoms with Gasteiger partial charge in [-0.1, -0.05) is 176 Å². The summed E-state index contributed by atoms with van der Waals surface area (Å²) in [7, 11) is -2.70. The molecule has 0 atom stereocenters. The van der Waals surface area contributed by atoms with Crippen LogP contribution in [0.15, 0.2) is 231 Å². The largest absolute Gasteiger partial charge is 0.309 e. The summed E-state index contributed by atoms with van der Waals surface area (Å²) < 4.78 is 4.84. The molecule has 0 aliphatic heterocycles. The van der Waals surface area contributed by atoms with Crippen molar-refractivity contribution in [2.24, 2.45) is 0 Å². The van der Waals surface area contributed by atoms with Gasteiger partial charge in [-0.2, -0.15) is 0 Å². The molecule has 0 spiro atoms. The minimum absolute atomic E-state index is 1.16. The predicted octanol–water partition coefficient (Wildman–Crippen LogP) is 10.9. The van der Waals surface area contributed by atoms with Crippen LogP contribution in [0.5, 0.6) is 0 Å².